The van der Waals surface area contributed by atoms with Gasteiger partial charge in [-0.15, -0.1) is 0 Å². The van der Waals surface area contributed by atoms with Crippen LogP contribution in [-0.4, -0.2) is 37.6 Å². The van der Waals surface area contributed by atoms with Crippen LogP contribution in [0.3, 0.4) is 0 Å². The molecule has 1 heterocycles. The molecule has 8 heteroatoms. The van der Waals surface area contributed by atoms with E-state index in [9.17, 15) is 18.0 Å². The fourth-order valence-corrected chi connectivity index (χ4v) is 3.93. The fourth-order valence-electron chi connectivity index (χ4n) is 2.57. The van der Waals surface area contributed by atoms with Crippen LogP contribution in [0.5, 0.6) is 0 Å². The third kappa shape index (κ3) is 3.88. The first-order valence-electron chi connectivity index (χ1n) is 8.01. The normalized spacial score (nSPS) is 16.6. The summed E-state index contributed by atoms with van der Waals surface area (Å²) in [7, 11) is -4.24. The maximum atomic E-state index is 12.9. The van der Waals surface area contributed by atoms with Crippen LogP contribution in [0.1, 0.15) is 11.1 Å². The van der Waals surface area contributed by atoms with Crippen LogP contribution in [0.15, 0.2) is 65.1 Å². The summed E-state index contributed by atoms with van der Waals surface area (Å²) in [5.74, 6) is -1.33. The highest BCUT2D eigenvalue weighted by Gasteiger charge is 2.35. The number of rotatable bonds is 3. The van der Waals surface area contributed by atoms with E-state index in [0.29, 0.717) is 15.4 Å². The van der Waals surface area contributed by atoms with Crippen LogP contribution in [0.4, 0.5) is 0 Å². The zero-order valence-electron chi connectivity index (χ0n) is 14.1. The number of hydrogen-bond donors (Lipinski definition) is 1. The van der Waals surface area contributed by atoms with Gasteiger partial charge in [0.15, 0.2) is 0 Å². The number of sulfonamides is 1. The predicted molar refractivity (Wildman–Crippen MR) is 97.5 cm³/mol. The van der Waals surface area contributed by atoms with Crippen molar-refractivity contribution in [3.63, 3.8) is 0 Å². The number of carbonyl (C=O) groups is 2. The van der Waals surface area contributed by atoms with E-state index >= 15 is 0 Å². The lowest BCUT2D eigenvalue weighted by molar-refractivity contribution is -0.127. The zero-order chi connectivity index (χ0) is 19.4. The van der Waals surface area contributed by atoms with Crippen LogP contribution in [0.25, 0.3) is 6.08 Å². The molecule has 0 atom stereocenters. The Morgan fingerprint density at radius 1 is 1.04 bits per heavy atom. The van der Waals surface area contributed by atoms with E-state index in [1.165, 1.54) is 24.3 Å². The minimum atomic E-state index is -4.24. The van der Waals surface area contributed by atoms with Crippen molar-refractivity contribution in [2.45, 2.75) is 4.90 Å². The Labute approximate surface area is 156 Å². The Morgan fingerprint density at radius 3 is 2.33 bits per heavy atom. The number of nitrogens with one attached hydrogen (secondary N) is 1. The Hall–Kier alpha value is -3.44. The van der Waals surface area contributed by atoms with E-state index < -0.39 is 28.4 Å². The number of nitrogens with zero attached hydrogens (tertiary/aromatic N) is 2. The number of nitriles is 1. The molecule has 2 amide bonds. The molecule has 1 aliphatic heterocycles. The number of amides is 2. The van der Waals surface area contributed by atoms with Gasteiger partial charge in [-0.25, -0.2) is 12.7 Å². The summed E-state index contributed by atoms with van der Waals surface area (Å²) in [6.07, 6.45) is 1.55. The van der Waals surface area contributed by atoms with Gasteiger partial charge in [0, 0.05) is 12.1 Å². The Balaban J connectivity index is 2.01. The van der Waals surface area contributed by atoms with Crippen molar-refractivity contribution in [3.8, 4) is 6.07 Å². The molecule has 0 aromatic heterocycles. The average Bonchev–Trinajstić information content (AvgIpc) is 2.82. The van der Waals surface area contributed by atoms with Crippen LogP contribution < -0.4 is 5.32 Å². The molecule has 136 valence electrons. The maximum Gasteiger partial charge on any atom is 0.267 e. The molecule has 1 saturated heterocycles. The highest BCUT2D eigenvalue weighted by atomic mass is 32.2. The van der Waals surface area contributed by atoms with Gasteiger partial charge in [-0.2, -0.15) is 5.26 Å². The van der Waals surface area contributed by atoms with Crippen LogP contribution in [-0.2, 0) is 19.6 Å². The van der Waals surface area contributed by atoms with Gasteiger partial charge >= 0.3 is 0 Å². The number of carbonyl (C=O) groups excluding carboxylic acids is 2. The summed E-state index contributed by atoms with van der Waals surface area (Å²) in [5, 5.41) is 11.4. The van der Waals surface area contributed by atoms with Crippen molar-refractivity contribution in [1.82, 2.24) is 9.62 Å². The quantitative estimate of drug-likeness (QED) is 0.806. The summed E-state index contributed by atoms with van der Waals surface area (Å²) < 4.78 is 26.4. The summed E-state index contributed by atoms with van der Waals surface area (Å²) in [6.45, 7) is -0.667. The molecule has 0 spiro atoms. The Bertz CT molecular complexity index is 1050. The van der Waals surface area contributed by atoms with E-state index in [1.807, 2.05) is 12.1 Å². The van der Waals surface area contributed by atoms with Gasteiger partial charge in [-0.3, -0.25) is 9.59 Å². The van der Waals surface area contributed by atoms with Crippen molar-refractivity contribution in [1.29, 1.82) is 5.26 Å². The molecule has 2 aromatic rings. The van der Waals surface area contributed by atoms with Gasteiger partial charge in [-0.05, 0) is 35.9 Å². The van der Waals surface area contributed by atoms with Crippen molar-refractivity contribution >= 4 is 27.9 Å². The SMILES string of the molecule is N#Cc1ccc(S(=O)(=O)N2CC(=O)NCC(=Cc3ccccc3)C2=O)cc1. The van der Waals surface area contributed by atoms with E-state index in [4.69, 9.17) is 5.26 Å². The second-order valence-electron chi connectivity index (χ2n) is 5.81. The van der Waals surface area contributed by atoms with Gasteiger partial charge in [0.05, 0.1) is 16.5 Å². The third-order valence-electron chi connectivity index (χ3n) is 3.98. The van der Waals surface area contributed by atoms with Crippen LogP contribution in [0.2, 0.25) is 0 Å². The molecule has 1 aliphatic rings. The topological polar surface area (TPSA) is 107 Å². The summed E-state index contributed by atoms with van der Waals surface area (Å²) in [4.78, 5) is 24.7. The number of benzene rings is 2. The van der Waals surface area contributed by atoms with Gasteiger partial charge < -0.3 is 5.32 Å². The second-order valence-corrected chi connectivity index (χ2v) is 7.67. The van der Waals surface area contributed by atoms with Crippen molar-refractivity contribution in [2.75, 3.05) is 13.1 Å². The molecule has 1 N–H and O–H groups in total. The first-order valence-corrected chi connectivity index (χ1v) is 9.45. The minimum Gasteiger partial charge on any atom is -0.350 e. The molecule has 0 bridgehead atoms. The third-order valence-corrected chi connectivity index (χ3v) is 5.72. The second kappa shape index (κ2) is 7.43. The molecule has 2 aromatic carbocycles. The fraction of sp³-hybridized carbons (Fsp3) is 0.105. The summed E-state index contributed by atoms with van der Waals surface area (Å²) >= 11 is 0. The molecule has 0 saturated carbocycles. The minimum absolute atomic E-state index is 0.0635. The van der Waals surface area contributed by atoms with E-state index in [0.717, 1.165) is 0 Å². The Morgan fingerprint density at radius 2 is 1.70 bits per heavy atom. The first-order chi connectivity index (χ1) is 12.9. The average molecular weight is 381 g/mol. The van der Waals surface area contributed by atoms with Gasteiger partial charge in [0.2, 0.25) is 5.91 Å². The largest absolute Gasteiger partial charge is 0.350 e. The molecule has 0 radical (unpaired) electrons. The van der Waals surface area contributed by atoms with Gasteiger partial charge in [0.1, 0.15) is 6.54 Å². The van der Waals surface area contributed by atoms with Crippen LogP contribution >= 0.6 is 0 Å². The van der Waals surface area contributed by atoms with E-state index in [1.54, 1.807) is 30.3 Å². The van der Waals surface area contributed by atoms with E-state index in [-0.39, 0.29) is 17.0 Å². The molecule has 7 nitrogen and oxygen atoms in total. The van der Waals surface area contributed by atoms with Crippen molar-refractivity contribution < 1.29 is 18.0 Å². The van der Waals surface area contributed by atoms with Crippen LogP contribution in [0, 0.1) is 11.3 Å². The lowest BCUT2D eigenvalue weighted by Gasteiger charge is -2.20. The highest BCUT2D eigenvalue weighted by molar-refractivity contribution is 7.89. The molecule has 3 rings (SSSR count). The molecule has 0 aliphatic carbocycles. The molecular formula is C19H15N3O4S. The zero-order valence-corrected chi connectivity index (χ0v) is 14.9. The standard InChI is InChI=1S/C19H15N3O4S/c20-11-15-6-8-17(9-7-15)27(25,26)22-13-18(23)21-12-16(19(22)24)10-14-4-2-1-3-5-14/h1-10H,12-13H2,(H,21,23). The molecular weight excluding hydrogens is 366 g/mol. The Kier molecular flexibility index (Phi) is 5.05. The lowest BCUT2D eigenvalue weighted by Crippen LogP contribution is -2.40. The van der Waals surface area contributed by atoms with Crippen molar-refractivity contribution in [3.05, 3.63) is 71.3 Å². The summed E-state index contributed by atoms with van der Waals surface area (Å²) in [5.41, 5.74) is 1.16. The highest BCUT2D eigenvalue weighted by Crippen LogP contribution is 2.21. The smallest absolute Gasteiger partial charge is 0.267 e. The maximum absolute atomic E-state index is 12.9. The molecule has 0 unspecified atom stereocenters. The molecule has 1 fully saturated rings. The first kappa shape index (κ1) is 18.4. The van der Waals surface area contributed by atoms with Gasteiger partial charge in [-0.1, -0.05) is 30.3 Å². The number of hydrogen-bond acceptors (Lipinski definition) is 5. The summed E-state index contributed by atoms with van der Waals surface area (Å²) in [6, 6.07) is 16.0. The predicted octanol–water partition coefficient (Wildman–Crippen LogP) is 1.29. The van der Waals surface area contributed by atoms with E-state index in [2.05, 4.69) is 5.32 Å². The molecule has 27 heavy (non-hydrogen) atoms. The monoisotopic (exact) mass is 381 g/mol. The lowest BCUT2D eigenvalue weighted by atomic mass is 10.1. The van der Waals surface area contributed by atoms with Crippen molar-refractivity contribution in [2.24, 2.45) is 0 Å². The van der Waals surface area contributed by atoms with Gasteiger partial charge in [0.25, 0.3) is 15.9 Å².